The van der Waals surface area contributed by atoms with Crippen molar-refractivity contribution in [2.24, 2.45) is 0 Å². The monoisotopic (exact) mass is 226 g/mol. The van der Waals surface area contributed by atoms with E-state index in [9.17, 15) is 0 Å². The Morgan fingerprint density at radius 2 is 1.67 bits per heavy atom. The maximum absolute atomic E-state index is 8.36. The van der Waals surface area contributed by atoms with Crippen molar-refractivity contribution in [3.8, 4) is 0 Å². The van der Waals surface area contributed by atoms with Crippen LogP contribution < -0.4 is 0 Å². The van der Waals surface area contributed by atoms with E-state index in [0.29, 0.717) is 0 Å². The first-order valence-corrected chi connectivity index (χ1v) is 0.565. The molecule has 0 amide bonds. The van der Waals surface area contributed by atoms with E-state index in [1.165, 1.54) is 0 Å². The maximum atomic E-state index is 8.36. The molecule has 0 fully saturated rings. The molecule has 1 N–H and O–H groups in total. The van der Waals surface area contributed by atoms with Gasteiger partial charge < -0.3 is 5.21 Å². The second kappa shape index (κ2) is 9.48. The van der Waals surface area contributed by atoms with Crippen LogP contribution in [0.15, 0.2) is 0 Å². The molecule has 4 nitrogen and oxygen atoms in total. The minimum Gasteiger partial charge on any atom is -0.328 e. The Labute approximate surface area is 78.1 Å². The molecule has 0 radical (unpaired) electrons. The van der Waals surface area contributed by atoms with E-state index in [2.05, 4.69) is 0 Å². The molecule has 6 heteroatoms. The van der Waals surface area contributed by atoms with Gasteiger partial charge in [-0.1, -0.05) is 0 Å². The molecule has 0 saturated carbocycles. The fourth-order valence-electron chi connectivity index (χ4n) is 0. The molecule has 0 aliphatic carbocycles. The molecule has 0 heterocycles. The second-order valence-electron chi connectivity index (χ2n) is 0.238. The van der Waals surface area contributed by atoms with Crippen molar-refractivity contribution < 1.29 is 45.9 Å². The van der Waals surface area contributed by atoms with Crippen molar-refractivity contribution >= 4 is 23.1 Å². The molecular formula is HLaMgNO3+5. The first-order valence-electron chi connectivity index (χ1n) is 0.565. The first-order chi connectivity index (χ1) is 1.73. The van der Waals surface area contributed by atoms with E-state index < -0.39 is 5.09 Å². The largest absolute Gasteiger partial charge is 3.00 e. The molecule has 0 aliphatic rings. The maximum Gasteiger partial charge on any atom is 3.00 e. The van der Waals surface area contributed by atoms with Crippen LogP contribution in [0.4, 0.5) is 0 Å². The second-order valence-corrected chi connectivity index (χ2v) is 0.238. The van der Waals surface area contributed by atoms with E-state index >= 15 is 0 Å². The van der Waals surface area contributed by atoms with E-state index in [-0.39, 0.29) is 58.7 Å². The molecule has 0 rings (SSSR count). The van der Waals surface area contributed by atoms with Crippen LogP contribution in [0.2, 0.25) is 0 Å². The van der Waals surface area contributed by atoms with Crippen LogP contribution in [0.5, 0.6) is 0 Å². The van der Waals surface area contributed by atoms with Gasteiger partial charge in [0.05, 0.1) is 0 Å². The summed E-state index contributed by atoms with van der Waals surface area (Å²) >= 11 is 0. The van der Waals surface area contributed by atoms with Gasteiger partial charge in [0.2, 0.25) is 0 Å². The smallest absolute Gasteiger partial charge is 0.328 e. The Kier molecular flexibility index (Phi) is 24.8. The molecule has 6 heavy (non-hydrogen) atoms. The Morgan fingerprint density at radius 1 is 1.67 bits per heavy atom. The molecule has 0 aromatic heterocycles. The van der Waals surface area contributed by atoms with Gasteiger partial charge >= 0.3 is 58.7 Å². The van der Waals surface area contributed by atoms with Crippen LogP contribution in [-0.2, 0) is 0 Å². The summed E-state index contributed by atoms with van der Waals surface area (Å²) in [5.41, 5.74) is 0. The predicted molar refractivity (Wildman–Crippen MR) is 14.5 cm³/mol. The molecular weight excluding hydrogens is 225 g/mol. The zero-order valence-electron chi connectivity index (χ0n) is 3.00. The van der Waals surface area contributed by atoms with Gasteiger partial charge in [0.15, 0.2) is 0 Å². The van der Waals surface area contributed by atoms with Crippen LogP contribution >= 0.6 is 0 Å². The third kappa shape index (κ3) is 66.3. The van der Waals surface area contributed by atoms with E-state index in [4.69, 9.17) is 15.3 Å². The molecule has 0 spiro atoms. The summed E-state index contributed by atoms with van der Waals surface area (Å²) in [4.78, 5) is 8.36. The van der Waals surface area contributed by atoms with Gasteiger partial charge in [-0.15, -0.1) is 10.1 Å². The number of nitrogens with zero attached hydrogens (tertiary/aromatic N) is 1. The van der Waals surface area contributed by atoms with Gasteiger partial charge in [0.25, 0.3) is 5.09 Å². The van der Waals surface area contributed by atoms with Crippen LogP contribution in [0, 0.1) is 45.7 Å². The van der Waals surface area contributed by atoms with E-state index in [1.807, 2.05) is 0 Å². The van der Waals surface area contributed by atoms with Crippen LogP contribution in [0.1, 0.15) is 0 Å². The SMILES string of the molecule is O=[N+]([O-])O.[La+3].[Mg+2]. The van der Waals surface area contributed by atoms with E-state index in [1.54, 1.807) is 0 Å². The zero-order valence-corrected chi connectivity index (χ0v) is 8.04. The summed E-state index contributed by atoms with van der Waals surface area (Å²) < 4.78 is 0. The molecule has 0 aliphatic heterocycles. The van der Waals surface area contributed by atoms with Crippen molar-refractivity contribution in [2.45, 2.75) is 0 Å². The Balaban J connectivity index is -0.0000000450. The summed E-state index contributed by atoms with van der Waals surface area (Å²) in [5, 5.41) is 13.6. The van der Waals surface area contributed by atoms with Crippen molar-refractivity contribution in [3.05, 3.63) is 10.1 Å². The molecule has 0 atom stereocenters. The Hall–Kier alpha value is 1.16. The van der Waals surface area contributed by atoms with E-state index in [0.717, 1.165) is 0 Å². The van der Waals surface area contributed by atoms with Crippen LogP contribution in [-0.4, -0.2) is 33.3 Å². The zero-order chi connectivity index (χ0) is 3.58. The van der Waals surface area contributed by atoms with Crippen molar-refractivity contribution in [1.82, 2.24) is 0 Å². The van der Waals surface area contributed by atoms with Crippen molar-refractivity contribution in [1.29, 1.82) is 0 Å². The number of hydrogen-bond donors (Lipinski definition) is 1. The van der Waals surface area contributed by atoms with Crippen LogP contribution in [0.3, 0.4) is 0 Å². The molecule has 24 valence electrons. The average molecular weight is 226 g/mol. The fourth-order valence-corrected chi connectivity index (χ4v) is 0. The first kappa shape index (κ1) is 15.7. The number of rotatable bonds is 0. The van der Waals surface area contributed by atoms with Crippen molar-refractivity contribution in [2.75, 3.05) is 0 Å². The summed E-state index contributed by atoms with van der Waals surface area (Å²) in [6.45, 7) is 0. The minimum atomic E-state index is -1.50. The topological polar surface area (TPSA) is 63.4 Å². The molecule has 0 aromatic rings. The number of hydrogen-bond acceptors (Lipinski definition) is 2. The van der Waals surface area contributed by atoms with Gasteiger partial charge in [-0.3, -0.25) is 0 Å². The average Bonchev–Trinajstić information content (AvgIpc) is 0.811. The molecule has 0 unspecified atom stereocenters. The van der Waals surface area contributed by atoms with Gasteiger partial charge in [0, 0.05) is 0 Å². The Morgan fingerprint density at radius 3 is 1.67 bits per heavy atom. The molecule has 0 bridgehead atoms. The minimum absolute atomic E-state index is 0. The van der Waals surface area contributed by atoms with Gasteiger partial charge in [-0.25, -0.2) is 0 Å². The summed E-state index contributed by atoms with van der Waals surface area (Å²) in [6, 6.07) is 0. The summed E-state index contributed by atoms with van der Waals surface area (Å²) in [5.74, 6) is 0. The standard InChI is InChI=1S/La.Mg.HNO3/c;;2-1(3)4/h;;(H,2,3,4)/q+3;+2;. The Bertz CT molecular complexity index is 33.8. The third-order valence-corrected chi connectivity index (χ3v) is 0. The molecule has 0 saturated heterocycles. The van der Waals surface area contributed by atoms with Crippen molar-refractivity contribution in [3.63, 3.8) is 0 Å². The van der Waals surface area contributed by atoms with Gasteiger partial charge in [0.1, 0.15) is 0 Å². The third-order valence-electron chi connectivity index (χ3n) is 0. The summed E-state index contributed by atoms with van der Waals surface area (Å²) in [6.07, 6.45) is 0. The normalized spacial score (nSPS) is 4.00. The van der Waals surface area contributed by atoms with Gasteiger partial charge in [-0.2, -0.15) is 0 Å². The van der Waals surface area contributed by atoms with Gasteiger partial charge in [-0.05, 0) is 0 Å². The fraction of sp³-hybridized carbons (Fsp3) is 0. The predicted octanol–water partition coefficient (Wildman–Crippen LogP) is -0.729. The summed E-state index contributed by atoms with van der Waals surface area (Å²) in [7, 11) is 0. The van der Waals surface area contributed by atoms with Crippen LogP contribution in [0.25, 0.3) is 0 Å². The molecule has 0 aromatic carbocycles. The quantitative estimate of drug-likeness (QED) is 0.336.